The number of likely N-dealkylation sites (N-methyl/N-ethyl adjacent to an activating group) is 1. The fraction of sp³-hybridized carbons (Fsp3) is 0.481. The van der Waals surface area contributed by atoms with Crippen LogP contribution >= 0.6 is 11.6 Å². The Labute approximate surface area is 235 Å². The summed E-state index contributed by atoms with van der Waals surface area (Å²) in [4.78, 5) is 8.25. The maximum absolute atomic E-state index is 14.6. The molecule has 2 fully saturated rings. The van der Waals surface area contributed by atoms with Gasteiger partial charge in [0.15, 0.2) is 0 Å². The van der Waals surface area contributed by atoms with E-state index in [1.807, 2.05) is 23.9 Å². The van der Waals surface area contributed by atoms with E-state index in [0.29, 0.717) is 22.3 Å². The summed E-state index contributed by atoms with van der Waals surface area (Å²) in [6.45, 7) is 5.74. The van der Waals surface area contributed by atoms with Crippen molar-refractivity contribution >= 4 is 17.1 Å². The number of nitrogens with zero attached hydrogens (tertiary/aromatic N) is 8. The Morgan fingerprint density at radius 3 is 2.60 bits per heavy atom. The molecule has 6 rings (SSSR count). The molecule has 4 aromatic heterocycles. The van der Waals surface area contributed by atoms with E-state index in [-0.39, 0.29) is 18.3 Å². The molecule has 0 bridgehead atoms. The van der Waals surface area contributed by atoms with E-state index in [2.05, 4.69) is 25.3 Å². The maximum atomic E-state index is 14.6. The second-order valence-electron chi connectivity index (χ2n) is 10.6. The van der Waals surface area contributed by atoms with Crippen molar-refractivity contribution in [2.75, 3.05) is 47.0 Å². The molecule has 2 saturated heterocycles. The molecule has 2 aliphatic heterocycles. The van der Waals surface area contributed by atoms with Crippen LogP contribution in [0.15, 0.2) is 30.7 Å². The van der Waals surface area contributed by atoms with Crippen LogP contribution in [0.1, 0.15) is 36.3 Å². The first kappa shape index (κ1) is 27.0. The highest BCUT2D eigenvalue weighted by Gasteiger charge is 2.31. The zero-order valence-corrected chi connectivity index (χ0v) is 23.4. The van der Waals surface area contributed by atoms with Crippen molar-refractivity contribution in [3.05, 3.63) is 58.8 Å². The van der Waals surface area contributed by atoms with Gasteiger partial charge in [-0.25, -0.2) is 18.0 Å². The van der Waals surface area contributed by atoms with Gasteiger partial charge in [-0.1, -0.05) is 16.8 Å². The largest absolute Gasteiger partial charge is 0.489 e. The standard InChI is InChI=1S/C27H31ClF2N8O2/c1-16-25(33-34-38(16)19-4-6-36(7-5-19)20-13-39-14-20)17-8-24(27-21(28)11-32-37(27)12-17)40-15-23(35(2)3)26-22(30)9-18(29)10-31-26/h8-12,19-20,23H,4-7,13-15H2,1-3H3. The first-order valence-electron chi connectivity index (χ1n) is 13.3. The average molecular weight is 573 g/mol. The first-order chi connectivity index (χ1) is 19.3. The SMILES string of the molecule is Cc1c(-c2cc(OCC(c3ncc(F)cc3F)N(C)C)c3c(Cl)cnn3c2)nnn1C1CCN(C2COC2)CC1. The van der Waals surface area contributed by atoms with Crippen molar-refractivity contribution < 1.29 is 18.3 Å². The van der Waals surface area contributed by atoms with Crippen molar-refractivity contribution in [1.82, 2.24) is 39.4 Å². The van der Waals surface area contributed by atoms with Gasteiger partial charge in [0.2, 0.25) is 0 Å². The lowest BCUT2D eigenvalue weighted by molar-refractivity contribution is -0.0735. The van der Waals surface area contributed by atoms with Gasteiger partial charge in [-0.3, -0.25) is 14.8 Å². The summed E-state index contributed by atoms with van der Waals surface area (Å²) >= 11 is 6.47. The molecule has 0 saturated carbocycles. The van der Waals surface area contributed by atoms with Crippen LogP contribution < -0.4 is 4.74 Å². The van der Waals surface area contributed by atoms with E-state index in [1.165, 1.54) is 0 Å². The molecule has 0 spiro atoms. The van der Waals surface area contributed by atoms with Crippen molar-refractivity contribution in [2.24, 2.45) is 0 Å². The molecule has 0 radical (unpaired) electrons. The van der Waals surface area contributed by atoms with Gasteiger partial charge in [0.05, 0.1) is 60.1 Å². The van der Waals surface area contributed by atoms with Crippen molar-refractivity contribution in [3.63, 3.8) is 0 Å². The zero-order valence-electron chi connectivity index (χ0n) is 22.6. The molecule has 0 aliphatic carbocycles. The highest BCUT2D eigenvalue weighted by Crippen LogP contribution is 2.35. The summed E-state index contributed by atoms with van der Waals surface area (Å²) in [6.07, 6.45) is 6.39. The number of hydrogen-bond donors (Lipinski definition) is 0. The van der Waals surface area contributed by atoms with Gasteiger partial charge >= 0.3 is 0 Å². The van der Waals surface area contributed by atoms with Crippen LogP contribution in [0.4, 0.5) is 8.78 Å². The number of fused-ring (bicyclic) bond motifs is 1. The second kappa shape index (κ2) is 11.0. The molecule has 1 unspecified atom stereocenters. The van der Waals surface area contributed by atoms with Crippen LogP contribution in [0.2, 0.25) is 5.02 Å². The van der Waals surface area contributed by atoms with Crippen LogP contribution in [0, 0.1) is 18.6 Å². The summed E-state index contributed by atoms with van der Waals surface area (Å²) in [7, 11) is 3.56. The van der Waals surface area contributed by atoms with E-state index in [9.17, 15) is 8.78 Å². The van der Waals surface area contributed by atoms with Crippen LogP contribution in [0.25, 0.3) is 16.8 Å². The smallest absolute Gasteiger partial charge is 0.149 e. The molecule has 0 amide bonds. The van der Waals surface area contributed by atoms with Gasteiger partial charge in [-0.15, -0.1) is 5.10 Å². The van der Waals surface area contributed by atoms with Gasteiger partial charge in [0, 0.05) is 30.9 Å². The Morgan fingerprint density at radius 1 is 1.15 bits per heavy atom. The predicted octanol–water partition coefficient (Wildman–Crippen LogP) is 3.95. The van der Waals surface area contributed by atoms with Crippen LogP contribution in [-0.4, -0.2) is 92.4 Å². The molecule has 40 heavy (non-hydrogen) atoms. The number of hydrogen-bond acceptors (Lipinski definition) is 8. The quantitative estimate of drug-likeness (QED) is 0.314. The minimum Gasteiger partial charge on any atom is -0.489 e. The summed E-state index contributed by atoms with van der Waals surface area (Å²) in [5.41, 5.74) is 3.12. The normalized spacial score (nSPS) is 18.0. The molecule has 6 heterocycles. The van der Waals surface area contributed by atoms with Gasteiger partial charge in [-0.2, -0.15) is 5.10 Å². The highest BCUT2D eigenvalue weighted by molar-refractivity contribution is 6.34. The van der Waals surface area contributed by atoms with Crippen molar-refractivity contribution in [3.8, 4) is 17.0 Å². The molecule has 0 N–H and O–H groups in total. The Balaban J connectivity index is 1.27. The number of piperidine rings is 1. The molecule has 212 valence electrons. The number of aromatic nitrogens is 6. The number of rotatable bonds is 8. The average Bonchev–Trinajstić information content (AvgIpc) is 3.47. The summed E-state index contributed by atoms with van der Waals surface area (Å²) in [5, 5.41) is 13.9. The number of halogens is 3. The third-order valence-electron chi connectivity index (χ3n) is 7.89. The van der Waals surface area contributed by atoms with Crippen LogP contribution in [-0.2, 0) is 4.74 Å². The van der Waals surface area contributed by atoms with Gasteiger partial charge in [0.1, 0.15) is 35.2 Å². The van der Waals surface area contributed by atoms with Gasteiger partial charge < -0.3 is 9.47 Å². The summed E-state index contributed by atoms with van der Waals surface area (Å²) in [6, 6.07) is 2.91. The van der Waals surface area contributed by atoms with E-state index in [4.69, 9.17) is 21.1 Å². The third kappa shape index (κ3) is 5.05. The Hall–Kier alpha value is -3.19. The molecule has 13 heteroatoms. The van der Waals surface area contributed by atoms with Gasteiger partial charge in [0.25, 0.3) is 0 Å². The zero-order chi connectivity index (χ0) is 28.0. The molecule has 2 aliphatic rings. The monoisotopic (exact) mass is 572 g/mol. The Kier molecular flexibility index (Phi) is 7.43. The van der Waals surface area contributed by atoms with Crippen LogP contribution in [0.5, 0.6) is 5.75 Å². The minimum atomic E-state index is -0.734. The lowest BCUT2D eigenvalue weighted by Crippen LogP contribution is -2.52. The first-order valence-corrected chi connectivity index (χ1v) is 13.7. The number of likely N-dealkylation sites (tertiary alicyclic amines) is 1. The predicted molar refractivity (Wildman–Crippen MR) is 144 cm³/mol. The Bertz CT molecular complexity index is 1510. The van der Waals surface area contributed by atoms with E-state index < -0.39 is 17.7 Å². The van der Waals surface area contributed by atoms with E-state index in [0.717, 1.165) is 68.4 Å². The molecule has 0 aromatic carbocycles. The van der Waals surface area contributed by atoms with E-state index in [1.54, 1.807) is 29.7 Å². The van der Waals surface area contributed by atoms with E-state index >= 15 is 0 Å². The Morgan fingerprint density at radius 2 is 1.93 bits per heavy atom. The lowest BCUT2D eigenvalue weighted by Gasteiger charge is -2.41. The third-order valence-corrected chi connectivity index (χ3v) is 8.16. The second-order valence-corrected chi connectivity index (χ2v) is 11.0. The molecular formula is C27H31ClF2N8O2. The molecule has 1 atom stereocenters. The fourth-order valence-electron chi connectivity index (χ4n) is 5.48. The fourth-order valence-corrected chi connectivity index (χ4v) is 5.71. The number of ether oxygens (including phenoxy) is 2. The van der Waals surface area contributed by atoms with Crippen molar-refractivity contribution in [2.45, 2.75) is 37.9 Å². The minimum absolute atomic E-state index is 0.0411. The van der Waals surface area contributed by atoms with Crippen LogP contribution in [0.3, 0.4) is 0 Å². The van der Waals surface area contributed by atoms with Crippen molar-refractivity contribution in [1.29, 1.82) is 0 Å². The number of pyridine rings is 2. The summed E-state index contributed by atoms with van der Waals surface area (Å²) in [5.74, 6) is -1.01. The topological polar surface area (TPSA) is 85.8 Å². The molecular weight excluding hydrogens is 542 g/mol. The van der Waals surface area contributed by atoms with Gasteiger partial charge in [-0.05, 0) is 39.9 Å². The highest BCUT2D eigenvalue weighted by atomic mass is 35.5. The molecule has 10 nitrogen and oxygen atoms in total. The lowest BCUT2D eigenvalue weighted by atomic mass is 10.0. The maximum Gasteiger partial charge on any atom is 0.149 e. The molecule has 4 aromatic rings. The summed E-state index contributed by atoms with van der Waals surface area (Å²) < 4.78 is 43.3.